The Balaban J connectivity index is 3.39. The second-order valence-corrected chi connectivity index (χ2v) is 5.23. The van der Waals surface area contributed by atoms with E-state index in [1.807, 2.05) is 0 Å². The van der Waals surface area contributed by atoms with Gasteiger partial charge < -0.3 is 4.79 Å². The minimum Gasteiger partial charge on any atom is -0.303 e. The van der Waals surface area contributed by atoms with E-state index < -0.39 is 0 Å². The molecular formula is C14H26O2. The van der Waals surface area contributed by atoms with Gasteiger partial charge in [0, 0.05) is 6.42 Å². The summed E-state index contributed by atoms with van der Waals surface area (Å²) in [4.78, 5) is 21.2. The van der Waals surface area contributed by atoms with E-state index in [1.54, 1.807) is 0 Å². The Labute approximate surface area is 99.8 Å². The lowest BCUT2D eigenvalue weighted by Gasteiger charge is -2.11. The fourth-order valence-corrected chi connectivity index (χ4v) is 1.86. The van der Waals surface area contributed by atoms with Gasteiger partial charge in [0.05, 0.1) is 6.42 Å². The van der Waals surface area contributed by atoms with Gasteiger partial charge in [-0.25, -0.2) is 0 Å². The molecule has 0 N–H and O–H groups in total. The van der Waals surface area contributed by atoms with Gasteiger partial charge in [0.2, 0.25) is 0 Å². The van der Waals surface area contributed by atoms with Crippen LogP contribution in [0.25, 0.3) is 0 Å². The van der Waals surface area contributed by atoms with Gasteiger partial charge in [-0.2, -0.15) is 0 Å². The van der Waals surface area contributed by atoms with Crippen LogP contribution in [0.4, 0.5) is 0 Å². The van der Waals surface area contributed by atoms with Crippen LogP contribution >= 0.6 is 0 Å². The van der Waals surface area contributed by atoms with E-state index in [0.29, 0.717) is 18.6 Å². The summed E-state index contributed by atoms with van der Waals surface area (Å²) < 4.78 is 0. The van der Waals surface area contributed by atoms with Crippen LogP contribution in [0.5, 0.6) is 0 Å². The fraction of sp³-hybridized carbons (Fsp3) is 0.857. The van der Waals surface area contributed by atoms with Gasteiger partial charge in [-0.15, -0.1) is 0 Å². The molecule has 0 aromatic rings. The molecule has 0 aromatic heterocycles. The molecule has 16 heavy (non-hydrogen) atoms. The first kappa shape index (κ1) is 15.3. The molecule has 2 heteroatoms. The van der Waals surface area contributed by atoms with Crippen LogP contribution in [0.15, 0.2) is 0 Å². The summed E-state index contributed by atoms with van der Waals surface area (Å²) in [7, 11) is 0. The van der Waals surface area contributed by atoms with Crippen molar-refractivity contribution in [1.82, 2.24) is 0 Å². The predicted octanol–water partition coefficient (Wildman–Crippen LogP) is 3.78. The highest BCUT2D eigenvalue weighted by Gasteiger charge is 2.05. The quantitative estimate of drug-likeness (QED) is 0.419. The first-order chi connectivity index (χ1) is 7.56. The van der Waals surface area contributed by atoms with E-state index in [-0.39, 0.29) is 12.2 Å². The molecule has 0 saturated heterocycles. The Morgan fingerprint density at radius 3 is 2.25 bits per heavy atom. The Kier molecular flexibility index (Phi) is 9.16. The molecule has 0 fully saturated rings. The van der Waals surface area contributed by atoms with Crippen LogP contribution in [-0.2, 0) is 9.59 Å². The van der Waals surface area contributed by atoms with Crippen molar-refractivity contribution < 1.29 is 9.59 Å². The topological polar surface area (TPSA) is 34.1 Å². The van der Waals surface area contributed by atoms with Gasteiger partial charge in [0.1, 0.15) is 12.1 Å². The molecule has 0 spiro atoms. The molecule has 0 aliphatic rings. The van der Waals surface area contributed by atoms with Crippen LogP contribution in [0, 0.1) is 11.8 Å². The van der Waals surface area contributed by atoms with Gasteiger partial charge >= 0.3 is 0 Å². The number of aldehydes is 1. The molecule has 1 atom stereocenters. The Morgan fingerprint density at radius 1 is 1.06 bits per heavy atom. The van der Waals surface area contributed by atoms with E-state index in [2.05, 4.69) is 20.8 Å². The standard InChI is InChI=1S/C14H26O2/c1-12(2)6-4-7-13(3)8-5-9-14(16)10-11-15/h11-13H,4-10H2,1-3H3. The molecule has 0 heterocycles. The highest BCUT2D eigenvalue weighted by atomic mass is 16.1. The van der Waals surface area contributed by atoms with Crippen molar-refractivity contribution in [3.63, 3.8) is 0 Å². The van der Waals surface area contributed by atoms with E-state index in [0.717, 1.165) is 18.8 Å². The third-order valence-corrected chi connectivity index (χ3v) is 2.94. The van der Waals surface area contributed by atoms with Crippen LogP contribution in [0.3, 0.4) is 0 Å². The van der Waals surface area contributed by atoms with Gasteiger partial charge in [0.25, 0.3) is 0 Å². The largest absolute Gasteiger partial charge is 0.303 e. The molecule has 0 radical (unpaired) electrons. The highest BCUT2D eigenvalue weighted by Crippen LogP contribution is 2.17. The maximum absolute atomic E-state index is 11.1. The zero-order valence-electron chi connectivity index (χ0n) is 11.0. The molecule has 1 unspecified atom stereocenters. The van der Waals surface area contributed by atoms with E-state index in [9.17, 15) is 9.59 Å². The Hall–Kier alpha value is -0.660. The molecule has 0 rings (SSSR count). The lowest BCUT2D eigenvalue weighted by atomic mass is 9.95. The van der Waals surface area contributed by atoms with E-state index in [1.165, 1.54) is 19.3 Å². The molecule has 0 aliphatic carbocycles. The first-order valence-electron chi connectivity index (χ1n) is 6.51. The number of Topliss-reactive ketones (excluding diaryl/α,β-unsaturated/α-hetero) is 1. The van der Waals surface area contributed by atoms with Crippen molar-refractivity contribution in [2.75, 3.05) is 0 Å². The average molecular weight is 226 g/mol. The van der Waals surface area contributed by atoms with Gasteiger partial charge in [-0.3, -0.25) is 4.79 Å². The van der Waals surface area contributed by atoms with Crippen molar-refractivity contribution >= 4 is 12.1 Å². The number of carbonyl (C=O) groups excluding carboxylic acids is 2. The molecule has 0 bridgehead atoms. The number of hydrogen-bond acceptors (Lipinski definition) is 2. The first-order valence-corrected chi connectivity index (χ1v) is 6.51. The smallest absolute Gasteiger partial charge is 0.139 e. The number of ketones is 1. The Bertz CT molecular complexity index is 197. The van der Waals surface area contributed by atoms with Gasteiger partial charge in [-0.05, 0) is 18.3 Å². The predicted molar refractivity (Wildman–Crippen MR) is 67.4 cm³/mol. The second kappa shape index (κ2) is 9.56. The third kappa shape index (κ3) is 9.88. The number of carbonyl (C=O) groups is 2. The molecular weight excluding hydrogens is 200 g/mol. The summed E-state index contributed by atoms with van der Waals surface area (Å²) in [5.41, 5.74) is 0. The zero-order chi connectivity index (χ0) is 12.4. The zero-order valence-corrected chi connectivity index (χ0v) is 11.0. The minimum absolute atomic E-state index is 0.0874. The summed E-state index contributed by atoms with van der Waals surface area (Å²) >= 11 is 0. The van der Waals surface area contributed by atoms with Crippen molar-refractivity contribution in [3.8, 4) is 0 Å². The molecule has 0 aromatic carbocycles. The lowest BCUT2D eigenvalue weighted by molar-refractivity contribution is -0.122. The maximum atomic E-state index is 11.1. The number of rotatable bonds is 10. The van der Waals surface area contributed by atoms with Crippen LogP contribution in [0.1, 0.15) is 65.7 Å². The average Bonchev–Trinajstić information content (AvgIpc) is 2.17. The van der Waals surface area contributed by atoms with E-state index in [4.69, 9.17) is 0 Å². The maximum Gasteiger partial charge on any atom is 0.139 e. The summed E-state index contributed by atoms with van der Waals surface area (Å²) in [6.07, 6.45) is 7.29. The summed E-state index contributed by atoms with van der Waals surface area (Å²) in [6.45, 7) is 6.76. The molecule has 94 valence electrons. The SMILES string of the molecule is CC(C)CCCC(C)CCCC(=O)CC=O. The van der Waals surface area contributed by atoms with Crippen molar-refractivity contribution in [2.24, 2.45) is 11.8 Å². The van der Waals surface area contributed by atoms with Gasteiger partial charge in [0.15, 0.2) is 0 Å². The monoisotopic (exact) mass is 226 g/mol. The van der Waals surface area contributed by atoms with E-state index >= 15 is 0 Å². The number of hydrogen-bond donors (Lipinski definition) is 0. The summed E-state index contributed by atoms with van der Waals surface area (Å²) in [6, 6.07) is 0. The molecule has 2 nitrogen and oxygen atoms in total. The fourth-order valence-electron chi connectivity index (χ4n) is 1.86. The van der Waals surface area contributed by atoms with Crippen LogP contribution < -0.4 is 0 Å². The summed E-state index contributed by atoms with van der Waals surface area (Å²) in [5, 5.41) is 0. The van der Waals surface area contributed by atoms with Crippen molar-refractivity contribution in [1.29, 1.82) is 0 Å². The lowest BCUT2D eigenvalue weighted by Crippen LogP contribution is -2.01. The van der Waals surface area contributed by atoms with Crippen LogP contribution in [-0.4, -0.2) is 12.1 Å². The highest BCUT2D eigenvalue weighted by molar-refractivity contribution is 5.89. The van der Waals surface area contributed by atoms with Gasteiger partial charge in [-0.1, -0.05) is 46.5 Å². The third-order valence-electron chi connectivity index (χ3n) is 2.94. The normalized spacial score (nSPS) is 12.8. The molecule has 0 aliphatic heterocycles. The second-order valence-electron chi connectivity index (χ2n) is 5.23. The Morgan fingerprint density at radius 2 is 1.69 bits per heavy atom. The van der Waals surface area contributed by atoms with Crippen molar-refractivity contribution in [3.05, 3.63) is 0 Å². The molecule has 0 amide bonds. The summed E-state index contributed by atoms with van der Waals surface area (Å²) in [5.74, 6) is 1.59. The van der Waals surface area contributed by atoms with Crippen molar-refractivity contribution in [2.45, 2.75) is 65.7 Å². The minimum atomic E-state index is 0.0874. The van der Waals surface area contributed by atoms with Crippen LogP contribution in [0.2, 0.25) is 0 Å². The molecule has 0 saturated carbocycles.